The minimum absolute atomic E-state index is 0. The molecule has 0 aliphatic heterocycles. The van der Waals surface area contributed by atoms with Gasteiger partial charge in [-0.3, -0.25) is 0 Å². The van der Waals surface area contributed by atoms with Crippen molar-refractivity contribution in [3.05, 3.63) is 0 Å². The second kappa shape index (κ2) is 18.2. The first kappa shape index (κ1) is 26.6. The van der Waals surface area contributed by atoms with Crippen LogP contribution in [0.4, 0.5) is 0 Å². The Labute approximate surface area is 170 Å². The van der Waals surface area contributed by atoms with E-state index in [0.717, 1.165) is 19.3 Å². The minimum Gasteiger partial charge on any atom is -0.549 e. The van der Waals surface area contributed by atoms with Gasteiger partial charge in [0, 0.05) is 0 Å². The van der Waals surface area contributed by atoms with E-state index in [1.165, 1.54) is 57.8 Å². The molecule has 0 radical (unpaired) electrons. The Morgan fingerprint density at radius 3 is 1.54 bits per heavy atom. The minimum atomic E-state index is -3.46. The zero-order valence-electron chi connectivity index (χ0n) is 15.6. The van der Waals surface area contributed by atoms with E-state index in [9.17, 15) is 18.3 Å². The fraction of sp³-hybridized carbons (Fsp3) is 0.941. The Morgan fingerprint density at radius 1 is 0.792 bits per heavy atom. The maximum atomic E-state index is 11.4. The molecule has 0 saturated carbocycles. The number of hydrogen-bond acceptors (Lipinski definition) is 4. The van der Waals surface area contributed by atoms with Crippen molar-refractivity contribution in [2.24, 2.45) is 0 Å². The molecule has 0 heterocycles. The van der Waals surface area contributed by atoms with E-state index in [1.807, 2.05) is 4.72 Å². The molecule has 0 fully saturated rings. The molecular weight excluding hydrogens is 337 g/mol. The molecule has 0 aromatic rings. The van der Waals surface area contributed by atoms with Crippen LogP contribution in [0.3, 0.4) is 0 Å². The quantitative estimate of drug-likeness (QED) is 0.282. The number of carbonyl (C=O) groups excluding carboxylic acids is 1. The van der Waals surface area contributed by atoms with E-state index < -0.39 is 22.5 Å². The largest absolute Gasteiger partial charge is 1.00 e. The van der Waals surface area contributed by atoms with Crippen molar-refractivity contribution in [2.45, 2.75) is 90.4 Å². The van der Waals surface area contributed by atoms with Crippen molar-refractivity contribution < 1.29 is 47.9 Å². The summed E-state index contributed by atoms with van der Waals surface area (Å²) in [6, 6.07) is 0. The van der Waals surface area contributed by atoms with Gasteiger partial charge < -0.3 is 9.90 Å². The molecule has 24 heavy (non-hydrogen) atoms. The third kappa shape index (κ3) is 20.4. The van der Waals surface area contributed by atoms with Crippen LogP contribution >= 0.6 is 0 Å². The summed E-state index contributed by atoms with van der Waals surface area (Å²) in [6.07, 6.45) is 15.6. The summed E-state index contributed by atoms with van der Waals surface area (Å²) < 4.78 is 24.9. The molecule has 0 aromatic heterocycles. The van der Waals surface area contributed by atoms with Crippen LogP contribution in [0.5, 0.6) is 0 Å². The second-order valence-electron chi connectivity index (χ2n) is 6.25. The maximum Gasteiger partial charge on any atom is 1.00 e. The van der Waals surface area contributed by atoms with Crippen LogP contribution in [0.25, 0.3) is 0 Å². The number of carbonyl (C=O) groups is 1. The van der Waals surface area contributed by atoms with Crippen molar-refractivity contribution in [2.75, 3.05) is 12.3 Å². The van der Waals surface area contributed by atoms with Crippen LogP contribution in [-0.4, -0.2) is 26.7 Å². The van der Waals surface area contributed by atoms with E-state index in [-0.39, 0.29) is 35.3 Å². The molecule has 0 saturated heterocycles. The number of hydrogen-bond donors (Lipinski definition) is 1. The summed E-state index contributed by atoms with van der Waals surface area (Å²) >= 11 is 0. The summed E-state index contributed by atoms with van der Waals surface area (Å²) in [6.45, 7) is 1.60. The average Bonchev–Trinajstić information content (AvgIpc) is 2.50. The Kier molecular flexibility index (Phi) is 20.2. The van der Waals surface area contributed by atoms with Gasteiger partial charge in [0.15, 0.2) is 0 Å². The van der Waals surface area contributed by atoms with Crippen LogP contribution < -0.4 is 39.4 Å². The summed E-state index contributed by atoms with van der Waals surface area (Å²) in [4.78, 5) is 10.2. The number of nitrogens with one attached hydrogen (secondary N) is 1. The Balaban J connectivity index is 0. The van der Waals surface area contributed by atoms with E-state index in [2.05, 4.69) is 6.92 Å². The molecule has 0 aliphatic carbocycles. The molecule has 7 heteroatoms. The normalized spacial score (nSPS) is 11.2. The molecule has 5 nitrogen and oxygen atoms in total. The molecule has 0 unspecified atom stereocenters. The van der Waals surface area contributed by atoms with Crippen LogP contribution in [-0.2, 0) is 14.8 Å². The third-order valence-electron chi connectivity index (χ3n) is 3.95. The predicted octanol–water partition coefficient (Wildman–Crippen LogP) is -0.249. The average molecular weight is 372 g/mol. The summed E-state index contributed by atoms with van der Waals surface area (Å²) in [5, 5.41) is 10.2. The number of carboxylic acid groups (broad SMARTS) is 1. The van der Waals surface area contributed by atoms with E-state index >= 15 is 0 Å². The SMILES string of the molecule is CCCCCCCCCCCCCCCS(=O)(=O)NCC(=O)[O-].[Na+]. The van der Waals surface area contributed by atoms with Gasteiger partial charge in [0.1, 0.15) is 0 Å². The number of unbranched alkanes of at least 4 members (excludes halogenated alkanes) is 12. The van der Waals surface area contributed by atoms with Crippen LogP contribution in [0.1, 0.15) is 90.4 Å². The number of rotatable bonds is 17. The zero-order valence-corrected chi connectivity index (χ0v) is 18.5. The van der Waals surface area contributed by atoms with Gasteiger partial charge in [-0.2, -0.15) is 0 Å². The van der Waals surface area contributed by atoms with Gasteiger partial charge in [-0.1, -0.05) is 84.0 Å². The van der Waals surface area contributed by atoms with E-state index in [4.69, 9.17) is 0 Å². The first-order chi connectivity index (χ1) is 11.0. The molecule has 1 N–H and O–H groups in total. The molecular formula is C17H34NNaO4S. The number of carboxylic acids is 1. The molecule has 0 rings (SSSR count). The fourth-order valence-electron chi connectivity index (χ4n) is 2.55. The summed E-state index contributed by atoms with van der Waals surface area (Å²) in [5.41, 5.74) is 0. The van der Waals surface area contributed by atoms with Crippen molar-refractivity contribution in [3.63, 3.8) is 0 Å². The molecule has 0 amide bonds. The van der Waals surface area contributed by atoms with Crippen molar-refractivity contribution in [1.29, 1.82) is 0 Å². The van der Waals surface area contributed by atoms with Gasteiger partial charge in [-0.05, 0) is 6.42 Å². The van der Waals surface area contributed by atoms with Crippen LogP contribution in [0.2, 0.25) is 0 Å². The molecule has 0 aromatic carbocycles. The van der Waals surface area contributed by atoms with Crippen LogP contribution in [0, 0.1) is 0 Å². The van der Waals surface area contributed by atoms with Gasteiger partial charge in [0.2, 0.25) is 10.0 Å². The summed E-state index contributed by atoms with van der Waals surface area (Å²) in [5.74, 6) is -1.41. The standard InChI is InChI=1S/C17H35NO4S.Na/c1-2-3-4-5-6-7-8-9-10-11-12-13-14-15-23(21,22)18-16-17(19)20;/h18H,2-16H2,1H3,(H,19,20);/q;+1/p-1. The summed E-state index contributed by atoms with van der Waals surface area (Å²) in [7, 11) is -3.46. The molecule has 0 spiro atoms. The van der Waals surface area contributed by atoms with Crippen molar-refractivity contribution in [1.82, 2.24) is 4.72 Å². The van der Waals surface area contributed by atoms with E-state index in [0.29, 0.717) is 6.42 Å². The number of sulfonamides is 1. The first-order valence-electron chi connectivity index (χ1n) is 9.15. The second-order valence-corrected chi connectivity index (χ2v) is 8.18. The van der Waals surface area contributed by atoms with Gasteiger partial charge in [0.05, 0.1) is 18.3 Å². The van der Waals surface area contributed by atoms with Crippen LogP contribution in [0.15, 0.2) is 0 Å². The first-order valence-corrected chi connectivity index (χ1v) is 10.8. The fourth-order valence-corrected chi connectivity index (χ4v) is 3.62. The van der Waals surface area contributed by atoms with Gasteiger partial charge in [0.25, 0.3) is 0 Å². The third-order valence-corrected chi connectivity index (χ3v) is 5.36. The smallest absolute Gasteiger partial charge is 0.549 e. The van der Waals surface area contributed by atoms with Crippen molar-refractivity contribution >= 4 is 16.0 Å². The van der Waals surface area contributed by atoms with E-state index in [1.54, 1.807) is 0 Å². The van der Waals surface area contributed by atoms with Gasteiger partial charge >= 0.3 is 29.6 Å². The molecule has 138 valence electrons. The van der Waals surface area contributed by atoms with Gasteiger partial charge in [-0.25, -0.2) is 13.1 Å². The Hall–Kier alpha value is 0.380. The number of aliphatic carboxylic acids is 1. The molecule has 0 bridgehead atoms. The maximum absolute atomic E-state index is 11.4. The topological polar surface area (TPSA) is 86.3 Å². The van der Waals surface area contributed by atoms with Crippen molar-refractivity contribution in [3.8, 4) is 0 Å². The zero-order chi connectivity index (χ0) is 17.4. The molecule has 0 aliphatic rings. The monoisotopic (exact) mass is 371 g/mol. The Morgan fingerprint density at radius 2 is 1.17 bits per heavy atom. The predicted molar refractivity (Wildman–Crippen MR) is 92.5 cm³/mol. The Bertz CT molecular complexity index is 388. The molecule has 0 atom stereocenters. The van der Waals surface area contributed by atoms with Gasteiger partial charge in [-0.15, -0.1) is 0 Å².